The minimum absolute atomic E-state index is 0. The number of hydrogen-bond donors (Lipinski definition) is 20. The van der Waals surface area contributed by atoms with Crippen molar-refractivity contribution >= 4 is 35.8 Å². The molecule has 67 heavy (non-hydrogen) atoms. The lowest BCUT2D eigenvalue weighted by atomic mass is 10.1. The second kappa shape index (κ2) is 43.6. The number of nitrogens with two attached hydrogens (primary N) is 6. The van der Waals surface area contributed by atoms with Gasteiger partial charge in [0.2, 0.25) is 0 Å². The number of guanidine groups is 1. The first-order valence-electron chi connectivity index (χ1n) is 20.3. The van der Waals surface area contributed by atoms with Gasteiger partial charge in [0.25, 0.3) is 0 Å². The maximum Gasteiger partial charge on any atom is 0.320 e. The molecule has 4 rings (SSSR count). The molecule has 1 aliphatic rings. The molecule has 2 aromatic carbocycles. The first-order chi connectivity index (χ1) is 30.2. The van der Waals surface area contributed by atoms with Gasteiger partial charge in [-0.3, -0.25) is 29.4 Å². The highest BCUT2D eigenvalue weighted by Gasteiger charge is 2.20. The summed E-state index contributed by atoms with van der Waals surface area (Å²) in [6.45, 7) is 2.23. The van der Waals surface area contributed by atoms with Crippen molar-refractivity contribution in [2.24, 2.45) is 34.4 Å². The lowest BCUT2D eigenvalue weighted by Crippen LogP contribution is -2.34. The number of carboxylic acids is 5. The second-order valence-electron chi connectivity index (χ2n) is 14.0. The van der Waals surface area contributed by atoms with Crippen LogP contribution in [0.2, 0.25) is 0 Å². The van der Waals surface area contributed by atoms with Crippen LogP contribution < -0.4 is 63.5 Å². The van der Waals surface area contributed by atoms with Gasteiger partial charge < -0.3 is 104 Å². The molecule has 1 fully saturated rings. The standard InChI is InChI=1S/C9H11NO3.C9H12O.C6H14N4O2.C6H9N3O2.C6H14N2O2.C5H9NO2.3H3N/c10-8(9(12)13)5-6-1-3-7(11)4-2-6;10-8-4-7-9-5-2-1-3-6-9;7-4(5(11)12)2-1-3-10-6(8)9;7-5(6(10)11)1-4-2-8-3-9-4;7-4-2-1-3-5(8)6(9)10;7-5(8)4-2-1-3-6-4;;;/h1-4,8,11H,5,10H2,(H,12,13);1-3,5-6,10H,4,7-8H2;4H,1-3,7H2,(H,11,12)(H4,8,9,10);2-3,5H,1,7H2,(H,8,9)(H,10,11);5H,1-4,7-8H2,(H,9,10);4,6H,1-3H2,(H,7,8);3*1H3/t;;;;;4-;;;/m.....0.../s1. The van der Waals surface area contributed by atoms with E-state index in [1.165, 1.54) is 24.0 Å². The molecule has 26 heteroatoms. The van der Waals surface area contributed by atoms with Crippen molar-refractivity contribution in [2.75, 3.05) is 26.2 Å². The number of aliphatic hydroxyl groups excluding tert-OH is 1. The molecule has 0 saturated carbocycles. The van der Waals surface area contributed by atoms with E-state index in [1.54, 1.807) is 18.3 Å². The summed E-state index contributed by atoms with van der Waals surface area (Å²) in [5.74, 6) is -4.63. The lowest BCUT2D eigenvalue weighted by Gasteiger charge is -2.06. The third-order valence-corrected chi connectivity index (χ3v) is 8.45. The number of aromatic hydroxyl groups is 1. The van der Waals surface area contributed by atoms with Gasteiger partial charge in [-0.15, -0.1) is 0 Å². The Morgan fingerprint density at radius 1 is 0.731 bits per heavy atom. The van der Waals surface area contributed by atoms with Crippen LogP contribution in [0.15, 0.2) is 67.1 Å². The van der Waals surface area contributed by atoms with E-state index >= 15 is 0 Å². The van der Waals surface area contributed by atoms with Gasteiger partial charge in [0.1, 0.15) is 36.0 Å². The summed E-state index contributed by atoms with van der Waals surface area (Å²) < 4.78 is 0. The minimum Gasteiger partial charge on any atom is -0.508 e. The lowest BCUT2D eigenvalue weighted by molar-refractivity contribution is -0.139. The number of imidazole rings is 1. The van der Waals surface area contributed by atoms with E-state index in [2.05, 4.69) is 32.7 Å². The summed E-state index contributed by atoms with van der Waals surface area (Å²) >= 11 is 0. The minimum atomic E-state index is -1.02. The van der Waals surface area contributed by atoms with Crippen molar-refractivity contribution in [3.05, 3.63) is 83.9 Å². The van der Waals surface area contributed by atoms with Crippen LogP contribution in [0.1, 0.15) is 68.2 Å². The van der Waals surface area contributed by atoms with Gasteiger partial charge in [0, 0.05) is 25.8 Å². The van der Waals surface area contributed by atoms with E-state index < -0.39 is 54.0 Å². The number of H-pyrrole nitrogens is 1. The molecule has 384 valence electrons. The summed E-state index contributed by atoms with van der Waals surface area (Å²) in [6, 6.07) is 13.0. The Hall–Kier alpha value is -6.33. The van der Waals surface area contributed by atoms with Gasteiger partial charge in [-0.25, -0.2) is 4.98 Å². The largest absolute Gasteiger partial charge is 0.508 e. The maximum absolute atomic E-state index is 10.4. The van der Waals surface area contributed by atoms with Crippen molar-refractivity contribution < 1.29 is 59.7 Å². The SMILES string of the molecule is N.N.N.N=C(N)NCCCC(N)C(=O)O.NC(Cc1c[nH]cn1)C(=O)O.NC(Cc1ccc(O)cc1)C(=O)O.NCCCCC(N)C(=O)O.O=C(O)[C@@H]1CCCN1.OCCCc1ccccc1. The highest BCUT2D eigenvalue weighted by Crippen LogP contribution is 2.11. The summed E-state index contributed by atoms with van der Waals surface area (Å²) in [6.07, 6.45) is 10.4. The van der Waals surface area contributed by atoms with E-state index in [-0.39, 0.29) is 55.7 Å². The molecule has 1 aliphatic heterocycles. The Balaban J connectivity index is -0.000000229. The Bertz CT molecular complexity index is 1710. The number of phenolic OH excluding ortho intramolecular Hbond substituents is 1. The highest BCUT2D eigenvalue weighted by molar-refractivity contribution is 5.75. The molecule has 32 N–H and O–H groups in total. The Morgan fingerprint density at radius 2 is 1.25 bits per heavy atom. The van der Waals surface area contributed by atoms with Crippen LogP contribution in [0.25, 0.3) is 0 Å². The van der Waals surface area contributed by atoms with Gasteiger partial charge >= 0.3 is 29.8 Å². The van der Waals surface area contributed by atoms with Gasteiger partial charge in [0.05, 0.1) is 12.0 Å². The van der Waals surface area contributed by atoms with Crippen LogP contribution >= 0.6 is 0 Å². The van der Waals surface area contributed by atoms with Gasteiger partial charge in [-0.1, -0.05) is 48.9 Å². The molecule has 0 spiro atoms. The number of rotatable bonds is 20. The summed E-state index contributed by atoms with van der Waals surface area (Å²) in [7, 11) is 0. The predicted octanol–water partition coefficient (Wildman–Crippen LogP) is -0.180. The van der Waals surface area contributed by atoms with Crippen molar-refractivity contribution in [1.29, 1.82) is 5.41 Å². The number of carbonyl (C=O) groups is 5. The van der Waals surface area contributed by atoms with Gasteiger partial charge in [-0.05, 0) is 94.1 Å². The Labute approximate surface area is 390 Å². The third kappa shape index (κ3) is 40.9. The number of aliphatic hydroxyl groups is 1. The fraction of sp³-hybridized carbons (Fsp3) is 0.488. The smallest absolute Gasteiger partial charge is 0.320 e. The molecular formula is C41H78N14O12. The molecule has 1 aromatic heterocycles. The van der Waals surface area contributed by atoms with Crippen molar-refractivity contribution in [1.82, 2.24) is 39.1 Å². The highest BCUT2D eigenvalue weighted by atomic mass is 16.4. The summed E-state index contributed by atoms with van der Waals surface area (Å²) in [4.78, 5) is 57.7. The zero-order valence-corrected chi connectivity index (χ0v) is 38.0. The maximum atomic E-state index is 10.4. The van der Waals surface area contributed by atoms with Crippen molar-refractivity contribution in [3.8, 4) is 5.75 Å². The number of nitrogens with one attached hydrogen (secondary N) is 4. The average Bonchev–Trinajstić information content (AvgIpc) is 4.00. The van der Waals surface area contributed by atoms with Crippen molar-refractivity contribution in [3.63, 3.8) is 0 Å². The zero-order valence-electron chi connectivity index (χ0n) is 38.0. The number of aromatic amines is 1. The molecule has 2 heterocycles. The molecular weight excluding hydrogens is 881 g/mol. The van der Waals surface area contributed by atoms with Crippen molar-refractivity contribution in [2.45, 2.75) is 101 Å². The first-order valence-corrected chi connectivity index (χ1v) is 20.3. The quantitative estimate of drug-likeness (QED) is 0.0397. The fourth-order valence-corrected chi connectivity index (χ4v) is 4.81. The van der Waals surface area contributed by atoms with Crippen LogP contribution in [0.4, 0.5) is 0 Å². The second-order valence-corrected chi connectivity index (χ2v) is 14.0. The van der Waals surface area contributed by atoms with Gasteiger partial charge in [-0.2, -0.15) is 0 Å². The Morgan fingerprint density at radius 3 is 1.66 bits per heavy atom. The number of aliphatic carboxylic acids is 5. The fourth-order valence-electron chi connectivity index (χ4n) is 4.81. The molecule has 0 bridgehead atoms. The van der Waals surface area contributed by atoms with Crippen LogP contribution in [-0.4, -0.2) is 138 Å². The zero-order chi connectivity index (χ0) is 48.9. The van der Waals surface area contributed by atoms with E-state index in [0.29, 0.717) is 38.0 Å². The third-order valence-electron chi connectivity index (χ3n) is 8.45. The molecule has 0 radical (unpaired) electrons. The predicted molar refractivity (Wildman–Crippen MR) is 254 cm³/mol. The van der Waals surface area contributed by atoms with E-state index in [9.17, 15) is 24.0 Å². The number of aromatic nitrogens is 2. The normalized spacial score (nSPS) is 13.4. The molecule has 4 unspecified atom stereocenters. The number of nitrogens with zero attached hydrogens (tertiary/aromatic N) is 1. The van der Waals surface area contributed by atoms with E-state index in [0.717, 1.165) is 50.6 Å². The average molecular weight is 959 g/mol. The topological polar surface area (TPSA) is 565 Å². The van der Waals surface area contributed by atoms with E-state index in [1.807, 2.05) is 18.2 Å². The number of hydrogen-bond acceptors (Lipinski definition) is 18. The summed E-state index contributed by atoms with van der Waals surface area (Å²) in [5.41, 5.74) is 34.0. The van der Waals surface area contributed by atoms with Crippen LogP contribution in [0.3, 0.4) is 0 Å². The number of phenols is 1. The Kier molecular flexibility index (Phi) is 45.3. The van der Waals surface area contributed by atoms with E-state index in [4.69, 9.17) is 75.6 Å². The van der Waals surface area contributed by atoms with Crippen LogP contribution in [-0.2, 0) is 43.2 Å². The number of carboxylic acid groups (broad SMARTS) is 5. The molecule has 5 atom stereocenters. The summed E-state index contributed by atoms with van der Waals surface area (Å²) in [5, 5.41) is 71.7. The molecule has 1 saturated heterocycles. The first kappa shape index (κ1) is 69.7. The molecule has 0 aliphatic carbocycles. The number of unbranched alkanes of at least 4 members (excludes halogenated alkanes) is 1. The molecule has 0 amide bonds. The molecule has 26 nitrogen and oxygen atoms in total. The van der Waals surface area contributed by atoms with Gasteiger partial charge in [0.15, 0.2) is 5.96 Å². The monoisotopic (exact) mass is 959 g/mol. The van der Waals surface area contributed by atoms with Crippen LogP contribution in [0.5, 0.6) is 5.75 Å². The number of aryl methyl sites for hydroxylation is 1. The number of benzene rings is 2. The van der Waals surface area contributed by atoms with Crippen LogP contribution in [0, 0.1) is 5.41 Å². The molecule has 3 aromatic rings.